The van der Waals surface area contributed by atoms with Gasteiger partial charge in [-0.3, -0.25) is 14.4 Å². The lowest BCUT2D eigenvalue weighted by Crippen LogP contribution is -2.61. The lowest BCUT2D eigenvalue weighted by molar-refractivity contribution is -0.301. The predicted octanol–water partition coefficient (Wildman–Crippen LogP) is 18.0. The van der Waals surface area contributed by atoms with Gasteiger partial charge in [0.25, 0.3) is 0 Å². The Kier molecular flexibility index (Phi) is 53.6. The van der Waals surface area contributed by atoms with E-state index in [1.165, 1.54) is 103 Å². The maximum absolute atomic E-state index is 13.2. The van der Waals surface area contributed by atoms with Crippen LogP contribution in [0.15, 0.2) is 97.2 Å². The zero-order valence-electron chi connectivity index (χ0n) is 52.4. The summed E-state index contributed by atoms with van der Waals surface area (Å²) in [6, 6.07) is 0. The monoisotopic (exact) mass is 1160 g/mol. The summed E-state index contributed by atoms with van der Waals surface area (Å²) in [6.07, 6.45) is 65.0. The summed E-state index contributed by atoms with van der Waals surface area (Å²) in [5, 5.41) is 31.6. The van der Waals surface area contributed by atoms with Crippen LogP contribution in [-0.2, 0) is 42.9 Å². The van der Waals surface area contributed by atoms with Crippen molar-refractivity contribution in [2.45, 2.75) is 314 Å². The summed E-state index contributed by atoms with van der Waals surface area (Å²) in [5.74, 6) is -3.18. The Morgan fingerprint density at radius 2 is 0.759 bits per heavy atom. The highest BCUT2D eigenvalue weighted by Gasteiger charge is 2.50. The van der Waals surface area contributed by atoms with Crippen LogP contribution in [0.2, 0.25) is 0 Å². The molecule has 1 heterocycles. The number of rotatable bonds is 56. The van der Waals surface area contributed by atoms with Crippen LogP contribution in [0.1, 0.15) is 278 Å². The molecule has 0 bridgehead atoms. The van der Waals surface area contributed by atoms with Gasteiger partial charge in [-0.15, -0.1) is 0 Å². The number of aliphatic carboxylic acids is 1. The van der Waals surface area contributed by atoms with Crippen molar-refractivity contribution in [3.8, 4) is 0 Å². The Morgan fingerprint density at radius 3 is 1.20 bits per heavy atom. The van der Waals surface area contributed by atoms with Crippen molar-refractivity contribution >= 4 is 23.9 Å². The first-order valence-electron chi connectivity index (χ1n) is 33.2. The number of unbranched alkanes of at least 4 members (excludes halogenated alkanes) is 26. The molecule has 0 spiro atoms. The number of carboxylic acids is 1. The number of carbonyl (C=O) groups is 4. The molecule has 6 atom stereocenters. The molecule has 1 aliphatic rings. The fraction of sp³-hybridized carbons (Fsp3) is 0.718. The van der Waals surface area contributed by atoms with Crippen LogP contribution >= 0.6 is 0 Å². The molecule has 474 valence electrons. The standard InChI is InChI=1S/C71H118O12/c1-4-7-10-13-16-19-22-25-28-30-32-34-37-39-42-45-48-51-54-57-63(72)79-60-62(81-64(73)58-55-52-49-46-43-40-36-27-24-21-18-15-12-9-6-3)61-80-71-69(67(76)66(75)68(83-71)70(77)78)82-65(74)59-56-53-50-47-44-41-38-35-33-31-29-26-23-20-17-14-11-8-5-2/h8,11,17-18,20-21,25-29,33,35-36,41,44,62,66-69,71,75-76H,4-7,9-10,12-16,19,22-24,30-32,34,37-40,42-43,45-61H2,1-3H3,(H,77,78)/b11-8-,20-17-,21-18-,28-25-,29-26-,35-33-,36-27-,44-41-. The third-order valence-electron chi connectivity index (χ3n) is 14.6. The lowest BCUT2D eigenvalue weighted by Gasteiger charge is -2.40. The van der Waals surface area contributed by atoms with Crippen LogP contribution in [0.4, 0.5) is 0 Å². The Balaban J connectivity index is 2.68. The molecular weight excluding hydrogens is 1040 g/mol. The van der Waals surface area contributed by atoms with Crippen LogP contribution in [0, 0.1) is 0 Å². The van der Waals surface area contributed by atoms with Gasteiger partial charge >= 0.3 is 23.9 Å². The number of carboxylic acid groups (broad SMARTS) is 1. The van der Waals surface area contributed by atoms with Crippen molar-refractivity contribution in [3.63, 3.8) is 0 Å². The van der Waals surface area contributed by atoms with Gasteiger partial charge in [-0.2, -0.15) is 0 Å². The third-order valence-corrected chi connectivity index (χ3v) is 14.6. The van der Waals surface area contributed by atoms with Crippen molar-refractivity contribution in [2.24, 2.45) is 0 Å². The van der Waals surface area contributed by atoms with Crippen molar-refractivity contribution < 1.29 is 58.2 Å². The molecule has 1 fully saturated rings. The Hall–Kier alpha value is -4.36. The van der Waals surface area contributed by atoms with Crippen molar-refractivity contribution in [2.75, 3.05) is 13.2 Å². The number of allylic oxidation sites excluding steroid dienone is 16. The fourth-order valence-corrected chi connectivity index (χ4v) is 9.54. The van der Waals surface area contributed by atoms with Crippen LogP contribution in [-0.4, -0.2) is 89.2 Å². The highest BCUT2D eigenvalue weighted by molar-refractivity contribution is 5.74. The lowest BCUT2D eigenvalue weighted by atomic mass is 9.98. The van der Waals surface area contributed by atoms with Gasteiger partial charge in [0, 0.05) is 19.3 Å². The van der Waals surface area contributed by atoms with Crippen LogP contribution in [0.3, 0.4) is 0 Å². The molecule has 1 aliphatic heterocycles. The number of esters is 3. The number of carbonyl (C=O) groups excluding carboxylic acids is 3. The molecule has 0 aliphatic carbocycles. The predicted molar refractivity (Wildman–Crippen MR) is 340 cm³/mol. The van der Waals surface area contributed by atoms with Crippen molar-refractivity contribution in [1.82, 2.24) is 0 Å². The zero-order chi connectivity index (χ0) is 60.3. The largest absolute Gasteiger partial charge is 0.479 e. The van der Waals surface area contributed by atoms with Gasteiger partial charge in [0.05, 0.1) is 6.61 Å². The average molecular weight is 1160 g/mol. The second kappa shape index (κ2) is 58.0. The molecule has 0 aromatic carbocycles. The van der Waals surface area contributed by atoms with E-state index >= 15 is 0 Å². The topological polar surface area (TPSA) is 175 Å². The third kappa shape index (κ3) is 47.6. The van der Waals surface area contributed by atoms with Gasteiger partial charge in [0.1, 0.15) is 18.8 Å². The smallest absolute Gasteiger partial charge is 0.335 e. The van der Waals surface area contributed by atoms with E-state index in [2.05, 4.69) is 118 Å². The highest BCUT2D eigenvalue weighted by Crippen LogP contribution is 2.26. The molecule has 0 radical (unpaired) electrons. The molecule has 0 aromatic rings. The molecular formula is C71H118O12. The number of hydrogen-bond donors (Lipinski definition) is 3. The van der Waals surface area contributed by atoms with Gasteiger partial charge in [0.2, 0.25) is 0 Å². The molecule has 1 saturated heterocycles. The van der Waals surface area contributed by atoms with Crippen molar-refractivity contribution in [3.05, 3.63) is 97.2 Å². The average Bonchev–Trinajstić information content (AvgIpc) is 3.60. The summed E-state index contributed by atoms with van der Waals surface area (Å²) in [5.41, 5.74) is 0. The van der Waals surface area contributed by atoms with E-state index < -0.39 is 67.3 Å². The van der Waals surface area contributed by atoms with E-state index in [-0.39, 0.29) is 25.9 Å². The van der Waals surface area contributed by atoms with Gasteiger partial charge in [-0.1, -0.05) is 234 Å². The van der Waals surface area contributed by atoms with E-state index in [1.54, 1.807) is 0 Å². The summed E-state index contributed by atoms with van der Waals surface area (Å²) >= 11 is 0. The number of hydrogen-bond acceptors (Lipinski definition) is 11. The number of ether oxygens (including phenoxy) is 5. The van der Waals surface area contributed by atoms with Crippen LogP contribution < -0.4 is 0 Å². The van der Waals surface area contributed by atoms with Gasteiger partial charge in [-0.25, -0.2) is 4.79 Å². The van der Waals surface area contributed by atoms with Crippen molar-refractivity contribution in [1.29, 1.82) is 0 Å². The van der Waals surface area contributed by atoms with Crippen LogP contribution in [0.5, 0.6) is 0 Å². The zero-order valence-corrected chi connectivity index (χ0v) is 52.4. The maximum Gasteiger partial charge on any atom is 0.335 e. The molecule has 83 heavy (non-hydrogen) atoms. The van der Waals surface area contributed by atoms with Gasteiger partial charge in [-0.05, 0) is 122 Å². The minimum Gasteiger partial charge on any atom is -0.479 e. The molecule has 0 amide bonds. The number of aliphatic hydroxyl groups excluding tert-OH is 2. The molecule has 12 heteroatoms. The normalized spacial score (nSPS) is 18.2. The molecule has 0 saturated carbocycles. The van der Waals surface area contributed by atoms with E-state index in [1.807, 2.05) is 0 Å². The highest BCUT2D eigenvalue weighted by atomic mass is 16.7. The first-order chi connectivity index (χ1) is 40.6. The van der Waals surface area contributed by atoms with E-state index in [9.17, 15) is 34.5 Å². The van der Waals surface area contributed by atoms with E-state index in [0.717, 1.165) is 116 Å². The maximum atomic E-state index is 13.2. The summed E-state index contributed by atoms with van der Waals surface area (Å²) in [6.45, 7) is 5.85. The second-order valence-corrected chi connectivity index (χ2v) is 22.4. The summed E-state index contributed by atoms with van der Waals surface area (Å²) in [4.78, 5) is 51.4. The van der Waals surface area contributed by atoms with Crippen LogP contribution in [0.25, 0.3) is 0 Å². The van der Waals surface area contributed by atoms with E-state index in [0.29, 0.717) is 19.3 Å². The summed E-state index contributed by atoms with van der Waals surface area (Å²) < 4.78 is 28.5. The summed E-state index contributed by atoms with van der Waals surface area (Å²) in [7, 11) is 0. The van der Waals surface area contributed by atoms with Gasteiger partial charge < -0.3 is 39.0 Å². The van der Waals surface area contributed by atoms with Gasteiger partial charge in [0.15, 0.2) is 24.6 Å². The first kappa shape index (κ1) is 76.7. The minimum absolute atomic E-state index is 0.0160. The Labute approximate surface area is 504 Å². The molecule has 1 rings (SSSR count). The Morgan fingerprint density at radius 1 is 0.410 bits per heavy atom. The van der Waals surface area contributed by atoms with E-state index in [4.69, 9.17) is 23.7 Å². The first-order valence-corrected chi connectivity index (χ1v) is 33.2. The Bertz CT molecular complexity index is 1810. The molecule has 12 nitrogen and oxygen atoms in total. The molecule has 0 aromatic heterocycles. The second-order valence-electron chi connectivity index (χ2n) is 22.4. The fourth-order valence-electron chi connectivity index (χ4n) is 9.54. The molecule has 6 unspecified atom stereocenters. The quantitative estimate of drug-likeness (QED) is 0.0228. The SMILES string of the molecule is CC/C=C\C/C=C\C/C=C\C/C=C\C/C=C\CCCCCC(=O)OC1C(OCC(COC(=O)CCCCCCCCCCC/C=C\CCCCCCCC)OC(=O)CCCCCCC/C=C\C/C=C\CCCCC)OC(C(=O)O)C(O)C1O. The molecule has 3 N–H and O–H groups in total. The number of aliphatic hydroxyl groups is 2. The minimum atomic E-state index is -1.92.